The van der Waals surface area contributed by atoms with Gasteiger partial charge in [0.15, 0.2) is 0 Å². The first-order valence-corrected chi connectivity index (χ1v) is 14.6. The lowest BCUT2D eigenvalue weighted by Crippen LogP contribution is -2.55. The van der Waals surface area contributed by atoms with Crippen LogP contribution in [0.3, 0.4) is 0 Å². The highest BCUT2D eigenvalue weighted by atomic mass is 16.5. The molecule has 2 heterocycles. The van der Waals surface area contributed by atoms with Crippen molar-refractivity contribution in [3.8, 4) is 5.75 Å². The van der Waals surface area contributed by atoms with E-state index < -0.39 is 29.8 Å². The van der Waals surface area contributed by atoms with Crippen LogP contribution in [0.15, 0.2) is 42.5 Å². The fourth-order valence-electron chi connectivity index (χ4n) is 6.12. The summed E-state index contributed by atoms with van der Waals surface area (Å²) in [5.74, 6) is -1.71. The van der Waals surface area contributed by atoms with Gasteiger partial charge in [-0.3, -0.25) is 24.1 Å². The van der Waals surface area contributed by atoms with Gasteiger partial charge in [0, 0.05) is 24.8 Å². The molecule has 220 valence electrons. The topological polar surface area (TPSA) is 131 Å². The van der Waals surface area contributed by atoms with Crippen LogP contribution in [0.1, 0.15) is 63.1 Å². The second kappa shape index (κ2) is 13.2. The van der Waals surface area contributed by atoms with Crippen LogP contribution < -0.4 is 26.0 Å². The van der Waals surface area contributed by atoms with Gasteiger partial charge in [-0.25, -0.2) is 0 Å². The van der Waals surface area contributed by atoms with Gasteiger partial charge in [-0.1, -0.05) is 57.5 Å². The number of carbonyl (C=O) groups is 4. The zero-order valence-corrected chi connectivity index (χ0v) is 24.4. The summed E-state index contributed by atoms with van der Waals surface area (Å²) in [6, 6.07) is 11.8. The second-order valence-electron chi connectivity index (χ2n) is 11.6. The van der Waals surface area contributed by atoms with E-state index in [9.17, 15) is 19.2 Å². The molecule has 0 saturated carbocycles. The molecule has 4 amide bonds. The van der Waals surface area contributed by atoms with Crippen LogP contribution in [0.2, 0.25) is 0 Å². The average Bonchev–Trinajstić information content (AvgIpc) is 3.29. The van der Waals surface area contributed by atoms with Gasteiger partial charge in [0.25, 0.3) is 0 Å². The summed E-state index contributed by atoms with van der Waals surface area (Å²) in [6.45, 7) is 6.27. The number of ether oxygens (including phenoxy) is 1. The van der Waals surface area contributed by atoms with Crippen LogP contribution in [0, 0.1) is 17.8 Å². The predicted molar refractivity (Wildman–Crippen MR) is 157 cm³/mol. The molecule has 2 aliphatic rings. The molecule has 0 aliphatic carbocycles. The quantitative estimate of drug-likeness (QED) is 0.366. The minimum atomic E-state index is -0.817. The number of nitrogens with two attached hydrogens (primary N) is 1. The zero-order chi connectivity index (χ0) is 29.7. The second-order valence-corrected chi connectivity index (χ2v) is 11.6. The molecule has 0 fully saturated rings. The lowest BCUT2D eigenvalue weighted by molar-refractivity contribution is -0.136. The molecule has 0 aromatic heterocycles. The van der Waals surface area contributed by atoms with Crippen molar-refractivity contribution >= 4 is 29.3 Å². The summed E-state index contributed by atoms with van der Waals surface area (Å²) >= 11 is 0. The van der Waals surface area contributed by atoms with Gasteiger partial charge in [-0.05, 0) is 60.4 Å². The number of para-hydroxylation sites is 1. The van der Waals surface area contributed by atoms with E-state index in [0.29, 0.717) is 38.6 Å². The largest absolute Gasteiger partial charge is 0.497 e. The van der Waals surface area contributed by atoms with Gasteiger partial charge in [0.1, 0.15) is 17.8 Å². The van der Waals surface area contributed by atoms with Crippen molar-refractivity contribution in [3.63, 3.8) is 0 Å². The highest BCUT2D eigenvalue weighted by molar-refractivity contribution is 6.08. The van der Waals surface area contributed by atoms with Gasteiger partial charge < -0.3 is 21.1 Å². The van der Waals surface area contributed by atoms with E-state index in [1.54, 1.807) is 12.0 Å². The third-order valence-electron chi connectivity index (χ3n) is 8.16. The number of carbonyl (C=O) groups excluding carboxylic acids is 4. The normalized spacial score (nSPS) is 19.2. The molecule has 0 saturated heterocycles. The minimum absolute atomic E-state index is 0.165. The minimum Gasteiger partial charge on any atom is -0.497 e. The van der Waals surface area contributed by atoms with Crippen LogP contribution in [-0.2, 0) is 38.6 Å². The Bertz CT molecular complexity index is 1280. The van der Waals surface area contributed by atoms with E-state index in [1.165, 1.54) is 0 Å². The van der Waals surface area contributed by atoms with E-state index in [4.69, 9.17) is 10.5 Å². The van der Waals surface area contributed by atoms with Crippen molar-refractivity contribution < 1.29 is 23.9 Å². The molecule has 2 aromatic carbocycles. The van der Waals surface area contributed by atoms with Crippen LogP contribution in [-0.4, -0.2) is 42.8 Å². The summed E-state index contributed by atoms with van der Waals surface area (Å²) in [5, 5.41) is 5.96. The SMILES string of the molecule is CCC[C@H](C(N)=O)[C@@H](CC(C)C)C(=O)N[C@H]1CCc2cccc3c2N(C1=O)[C@H](C(=O)NCc1ccc(OC)cc1)C3. The van der Waals surface area contributed by atoms with E-state index in [1.807, 2.05) is 63.2 Å². The van der Waals surface area contributed by atoms with Gasteiger partial charge in [0.05, 0.1) is 12.8 Å². The summed E-state index contributed by atoms with van der Waals surface area (Å²) in [7, 11) is 1.60. The molecular formula is C32H42N4O5. The van der Waals surface area contributed by atoms with E-state index in [0.717, 1.165) is 34.5 Å². The highest BCUT2D eigenvalue weighted by Crippen LogP contribution is 2.39. The Morgan fingerprint density at radius 2 is 1.78 bits per heavy atom. The monoisotopic (exact) mass is 562 g/mol. The molecule has 41 heavy (non-hydrogen) atoms. The maximum atomic E-state index is 14.1. The number of anilines is 1. The molecule has 4 N–H and O–H groups in total. The third kappa shape index (κ3) is 6.72. The molecular weight excluding hydrogens is 520 g/mol. The summed E-state index contributed by atoms with van der Waals surface area (Å²) in [4.78, 5) is 55.1. The number of primary amides is 1. The summed E-state index contributed by atoms with van der Waals surface area (Å²) in [5.41, 5.74) is 9.34. The zero-order valence-electron chi connectivity index (χ0n) is 24.4. The Morgan fingerprint density at radius 3 is 2.41 bits per heavy atom. The smallest absolute Gasteiger partial charge is 0.250 e. The van der Waals surface area contributed by atoms with Crippen LogP contribution in [0.5, 0.6) is 5.75 Å². The molecule has 2 aliphatic heterocycles. The van der Waals surface area contributed by atoms with Gasteiger partial charge in [-0.2, -0.15) is 0 Å². The predicted octanol–water partition coefficient (Wildman–Crippen LogP) is 3.26. The van der Waals surface area contributed by atoms with E-state index in [2.05, 4.69) is 10.6 Å². The number of hydrogen-bond acceptors (Lipinski definition) is 5. The molecule has 4 rings (SSSR count). The first kappa shape index (κ1) is 30.1. The molecule has 0 unspecified atom stereocenters. The van der Waals surface area contributed by atoms with Crippen molar-refractivity contribution in [2.45, 2.75) is 77.9 Å². The molecule has 9 nitrogen and oxygen atoms in total. The molecule has 0 bridgehead atoms. The fraction of sp³-hybridized carbons (Fsp3) is 0.500. The van der Waals surface area contributed by atoms with Crippen LogP contribution in [0.4, 0.5) is 5.69 Å². The Labute approximate surface area is 242 Å². The Morgan fingerprint density at radius 1 is 1.07 bits per heavy atom. The number of nitrogens with zero attached hydrogens (tertiary/aromatic N) is 1. The van der Waals surface area contributed by atoms with Crippen LogP contribution >= 0.6 is 0 Å². The van der Waals surface area contributed by atoms with Crippen molar-refractivity contribution in [1.82, 2.24) is 10.6 Å². The fourth-order valence-corrected chi connectivity index (χ4v) is 6.12. The first-order valence-electron chi connectivity index (χ1n) is 14.6. The number of benzene rings is 2. The maximum absolute atomic E-state index is 14.1. The van der Waals surface area contributed by atoms with Gasteiger partial charge >= 0.3 is 0 Å². The third-order valence-corrected chi connectivity index (χ3v) is 8.16. The lowest BCUT2D eigenvalue weighted by Gasteiger charge is -2.30. The van der Waals surface area contributed by atoms with Gasteiger partial charge in [0.2, 0.25) is 23.6 Å². The Kier molecular flexibility index (Phi) is 9.68. The van der Waals surface area contributed by atoms with Crippen molar-refractivity contribution in [3.05, 3.63) is 59.2 Å². The average molecular weight is 563 g/mol. The molecule has 0 spiro atoms. The van der Waals surface area contributed by atoms with Crippen molar-refractivity contribution in [2.24, 2.45) is 23.5 Å². The van der Waals surface area contributed by atoms with Crippen LogP contribution in [0.25, 0.3) is 0 Å². The van der Waals surface area contributed by atoms with Gasteiger partial charge in [-0.15, -0.1) is 0 Å². The standard InChI is InChI=1S/C32H42N4O5/c1-5-7-24(29(33)37)25(16-19(2)3)30(38)35-26-15-12-21-8-6-9-22-17-27(36(28(21)22)32(26)40)31(39)34-18-20-10-13-23(41-4)14-11-20/h6,8-11,13-14,19,24-27H,5,7,12,15-18H2,1-4H3,(H2,33,37)(H,34,39)(H,35,38)/t24-,25+,26-,27-/m0/s1. The maximum Gasteiger partial charge on any atom is 0.250 e. The lowest BCUT2D eigenvalue weighted by atomic mass is 9.81. The Hall–Kier alpha value is -3.88. The number of hydrogen-bond donors (Lipinski definition) is 3. The molecule has 0 radical (unpaired) electrons. The number of methoxy groups -OCH3 is 1. The number of rotatable bonds is 12. The number of aryl methyl sites for hydroxylation is 1. The molecule has 9 heteroatoms. The highest BCUT2D eigenvalue weighted by Gasteiger charge is 2.44. The molecule has 4 atom stereocenters. The Balaban J connectivity index is 1.55. The number of amides is 4. The number of nitrogens with one attached hydrogen (secondary N) is 2. The summed E-state index contributed by atoms with van der Waals surface area (Å²) < 4.78 is 5.21. The van der Waals surface area contributed by atoms with E-state index >= 15 is 0 Å². The summed E-state index contributed by atoms with van der Waals surface area (Å²) in [6.07, 6.45) is 3.11. The first-order chi connectivity index (χ1) is 19.6. The molecule has 2 aromatic rings. The van der Waals surface area contributed by atoms with E-state index in [-0.39, 0.29) is 23.6 Å². The van der Waals surface area contributed by atoms with Crippen molar-refractivity contribution in [1.29, 1.82) is 0 Å². The van der Waals surface area contributed by atoms with Crippen molar-refractivity contribution in [2.75, 3.05) is 12.0 Å².